The molecule has 0 radical (unpaired) electrons. The van der Waals surface area contributed by atoms with Crippen LogP contribution in [0.2, 0.25) is 0 Å². The largest absolute Gasteiger partial charge is 0.472 e. The van der Waals surface area contributed by atoms with Crippen LogP contribution in [0.4, 0.5) is 0 Å². The molecule has 5 unspecified atom stereocenters. The first-order valence-corrected chi connectivity index (χ1v) is 40.0. The molecule has 0 rings (SSSR count). The Kier molecular flexibility index (Phi) is 60.6. The molecule has 0 bridgehead atoms. The number of carbonyl (C=O) groups excluding carboxylic acids is 4. The van der Waals surface area contributed by atoms with Crippen LogP contribution >= 0.6 is 15.6 Å². The molecule has 0 amide bonds. The van der Waals surface area contributed by atoms with Gasteiger partial charge in [0.15, 0.2) is 12.2 Å². The highest BCUT2D eigenvalue weighted by Crippen LogP contribution is 2.45. The number of phosphoric ester groups is 2. The Labute approximate surface area is 549 Å². The van der Waals surface area contributed by atoms with Gasteiger partial charge >= 0.3 is 39.5 Å². The SMILES string of the molecule is CCCCCCCCCCCCC(=O)OC[C@H](COP(=O)(O)OC[C@H](O)COP(=O)(O)OC[C@@H](COC(=O)CCCCCCCCCCCCC(C)CC)OC(=O)CCCCCCCCCCCCC(C)CC)OC(=O)CCCCCCCCCCC(C)CC. The zero-order valence-corrected chi connectivity index (χ0v) is 60.4. The van der Waals surface area contributed by atoms with Gasteiger partial charge in [0, 0.05) is 25.7 Å². The molecule has 0 heterocycles. The van der Waals surface area contributed by atoms with Gasteiger partial charge in [-0.2, -0.15) is 0 Å². The molecule has 8 atom stereocenters. The molecule has 19 heteroatoms. The number of carbonyl (C=O) groups is 4. The predicted octanol–water partition coefficient (Wildman–Crippen LogP) is 20.2. The average Bonchev–Trinajstić information content (AvgIpc) is 3.52. The number of aliphatic hydroxyl groups excluding tert-OH is 1. The normalized spacial score (nSPS) is 15.1. The van der Waals surface area contributed by atoms with Crippen LogP contribution in [0.3, 0.4) is 0 Å². The standard InChI is InChI=1S/C71H138O17P2/c1-8-12-13-14-15-16-23-31-38-45-52-68(73)81-59-67(88-71(76)55-48-41-34-27-26-30-37-44-51-64(7)11-4)61-86-90(79,80)84-57-65(72)56-83-89(77,78)85-60-66(87-70(75)54-47-40-33-25-20-18-22-29-36-43-50-63(6)10-3)58-82-69(74)53-46-39-32-24-19-17-21-28-35-42-49-62(5)9-2/h62-67,72H,8-61H2,1-7H3,(H,77,78)(H,79,80)/t62?,63?,64?,65-,66-,67-/m1/s1. The molecule has 0 aliphatic carbocycles. The smallest absolute Gasteiger partial charge is 0.462 e. The molecule has 0 fully saturated rings. The maximum Gasteiger partial charge on any atom is 0.472 e. The molecular formula is C71H138O17P2. The summed E-state index contributed by atoms with van der Waals surface area (Å²) in [6, 6.07) is 0. The van der Waals surface area contributed by atoms with Gasteiger partial charge in [-0.3, -0.25) is 37.3 Å². The summed E-state index contributed by atoms with van der Waals surface area (Å²) in [4.78, 5) is 72.6. The summed E-state index contributed by atoms with van der Waals surface area (Å²) < 4.78 is 68.3. The predicted molar refractivity (Wildman–Crippen MR) is 363 cm³/mol. The van der Waals surface area contributed by atoms with Crippen molar-refractivity contribution in [2.24, 2.45) is 17.8 Å². The van der Waals surface area contributed by atoms with Crippen molar-refractivity contribution in [1.29, 1.82) is 0 Å². The van der Waals surface area contributed by atoms with E-state index in [0.717, 1.165) is 108 Å². The lowest BCUT2D eigenvalue weighted by Crippen LogP contribution is -2.30. The fourth-order valence-corrected chi connectivity index (χ4v) is 12.2. The van der Waals surface area contributed by atoms with E-state index in [1.165, 1.54) is 167 Å². The molecule has 0 aliphatic heterocycles. The monoisotopic (exact) mass is 1320 g/mol. The number of esters is 4. The van der Waals surface area contributed by atoms with E-state index in [0.29, 0.717) is 25.7 Å². The van der Waals surface area contributed by atoms with Gasteiger partial charge in [-0.05, 0) is 43.4 Å². The van der Waals surface area contributed by atoms with Gasteiger partial charge in [0.1, 0.15) is 19.3 Å². The molecule has 0 aliphatic rings. The maximum absolute atomic E-state index is 13.0. The average molecular weight is 1330 g/mol. The number of hydrogen-bond donors (Lipinski definition) is 3. The Balaban J connectivity index is 5.27. The van der Waals surface area contributed by atoms with Crippen molar-refractivity contribution in [3.63, 3.8) is 0 Å². The number of rotatable bonds is 69. The van der Waals surface area contributed by atoms with Crippen molar-refractivity contribution in [2.45, 2.75) is 375 Å². The van der Waals surface area contributed by atoms with Crippen LogP contribution in [0, 0.1) is 17.8 Å². The molecular weight excluding hydrogens is 1190 g/mol. The van der Waals surface area contributed by atoms with Gasteiger partial charge in [-0.1, -0.05) is 305 Å². The topological polar surface area (TPSA) is 237 Å². The Morgan fingerprint density at radius 3 is 0.789 bits per heavy atom. The van der Waals surface area contributed by atoms with Gasteiger partial charge in [0.25, 0.3) is 0 Å². The minimum atomic E-state index is -4.95. The van der Waals surface area contributed by atoms with E-state index in [1.54, 1.807) is 0 Å². The van der Waals surface area contributed by atoms with E-state index in [4.69, 9.17) is 37.0 Å². The molecule has 0 saturated carbocycles. The van der Waals surface area contributed by atoms with Crippen LogP contribution in [0.15, 0.2) is 0 Å². The lowest BCUT2D eigenvalue weighted by atomic mass is 9.99. The fourth-order valence-electron chi connectivity index (χ4n) is 10.6. The lowest BCUT2D eigenvalue weighted by molar-refractivity contribution is -0.161. The second-order valence-corrected chi connectivity index (χ2v) is 29.3. The second-order valence-electron chi connectivity index (χ2n) is 26.4. The summed E-state index contributed by atoms with van der Waals surface area (Å²) >= 11 is 0. The van der Waals surface area contributed by atoms with E-state index >= 15 is 0 Å². The van der Waals surface area contributed by atoms with E-state index in [2.05, 4.69) is 48.5 Å². The highest BCUT2D eigenvalue weighted by molar-refractivity contribution is 7.47. The molecule has 0 spiro atoms. The highest BCUT2D eigenvalue weighted by Gasteiger charge is 2.30. The number of hydrogen-bond acceptors (Lipinski definition) is 15. The Morgan fingerprint density at radius 2 is 0.533 bits per heavy atom. The van der Waals surface area contributed by atoms with Gasteiger partial charge < -0.3 is 33.8 Å². The molecule has 0 aromatic heterocycles. The summed E-state index contributed by atoms with van der Waals surface area (Å²) in [5.74, 6) is 0.256. The van der Waals surface area contributed by atoms with Crippen molar-refractivity contribution in [3.05, 3.63) is 0 Å². The molecule has 0 saturated heterocycles. The Hall–Kier alpha value is -1.94. The van der Waals surface area contributed by atoms with Crippen LogP contribution in [0.5, 0.6) is 0 Å². The molecule has 17 nitrogen and oxygen atoms in total. The van der Waals surface area contributed by atoms with E-state index in [1.807, 2.05) is 0 Å². The summed E-state index contributed by atoms with van der Waals surface area (Å²) in [5.41, 5.74) is 0. The minimum Gasteiger partial charge on any atom is -0.462 e. The van der Waals surface area contributed by atoms with E-state index in [-0.39, 0.29) is 25.7 Å². The summed E-state index contributed by atoms with van der Waals surface area (Å²) in [6.07, 6.45) is 45.5. The quantitative estimate of drug-likeness (QED) is 0.0222. The highest BCUT2D eigenvalue weighted by atomic mass is 31.2. The van der Waals surface area contributed by atoms with Crippen molar-refractivity contribution in [3.8, 4) is 0 Å². The minimum absolute atomic E-state index is 0.105. The first-order valence-electron chi connectivity index (χ1n) is 37.0. The zero-order valence-electron chi connectivity index (χ0n) is 58.6. The molecule has 0 aromatic rings. The molecule has 0 aromatic carbocycles. The van der Waals surface area contributed by atoms with Gasteiger partial charge in [-0.25, -0.2) is 9.13 Å². The molecule has 3 N–H and O–H groups in total. The van der Waals surface area contributed by atoms with Crippen LogP contribution in [-0.2, 0) is 65.4 Å². The van der Waals surface area contributed by atoms with Gasteiger partial charge in [0.05, 0.1) is 26.4 Å². The van der Waals surface area contributed by atoms with Crippen molar-refractivity contribution in [2.75, 3.05) is 39.6 Å². The van der Waals surface area contributed by atoms with Crippen LogP contribution < -0.4 is 0 Å². The van der Waals surface area contributed by atoms with Crippen LogP contribution in [-0.4, -0.2) is 96.7 Å². The number of phosphoric acid groups is 2. The third-order valence-corrected chi connectivity index (χ3v) is 19.4. The van der Waals surface area contributed by atoms with Crippen molar-refractivity contribution >= 4 is 39.5 Å². The Bertz CT molecular complexity index is 1770. The third kappa shape index (κ3) is 61.0. The van der Waals surface area contributed by atoms with Crippen molar-refractivity contribution in [1.82, 2.24) is 0 Å². The van der Waals surface area contributed by atoms with Crippen molar-refractivity contribution < 1.29 is 80.2 Å². The molecule has 90 heavy (non-hydrogen) atoms. The third-order valence-electron chi connectivity index (χ3n) is 17.5. The zero-order chi connectivity index (χ0) is 66.6. The van der Waals surface area contributed by atoms with E-state index in [9.17, 15) is 43.2 Å². The second kappa shape index (κ2) is 61.9. The first kappa shape index (κ1) is 88.1. The summed E-state index contributed by atoms with van der Waals surface area (Å²) in [5, 5.41) is 10.6. The Morgan fingerprint density at radius 1 is 0.311 bits per heavy atom. The van der Waals surface area contributed by atoms with Gasteiger partial charge in [-0.15, -0.1) is 0 Å². The van der Waals surface area contributed by atoms with Crippen LogP contribution in [0.25, 0.3) is 0 Å². The number of aliphatic hydroxyl groups is 1. The number of ether oxygens (including phenoxy) is 4. The molecule has 534 valence electrons. The van der Waals surface area contributed by atoms with Crippen LogP contribution in [0.1, 0.15) is 357 Å². The van der Waals surface area contributed by atoms with Gasteiger partial charge in [0.2, 0.25) is 0 Å². The summed E-state index contributed by atoms with van der Waals surface area (Å²) in [7, 11) is -9.90. The summed E-state index contributed by atoms with van der Waals surface area (Å²) in [6.45, 7) is 11.9. The number of unbranched alkanes of at least 4 members (excludes halogenated alkanes) is 34. The van der Waals surface area contributed by atoms with E-state index < -0.39 is 97.5 Å². The fraction of sp³-hybridized carbons (Fsp3) is 0.944. The lowest BCUT2D eigenvalue weighted by Gasteiger charge is -2.21. The maximum atomic E-state index is 13.0. The first-order chi connectivity index (χ1) is 43.3.